The molecule has 0 aliphatic heterocycles. The molecule has 102 valence electrons. The Morgan fingerprint density at radius 1 is 1.22 bits per heavy atom. The Hall–Kier alpha value is -1.09. The van der Waals surface area contributed by atoms with E-state index in [0.717, 1.165) is 12.1 Å². The Balaban J connectivity index is 2.80. The van der Waals surface area contributed by atoms with Gasteiger partial charge in [-0.25, -0.2) is 4.39 Å². The van der Waals surface area contributed by atoms with Crippen LogP contribution in [0.15, 0.2) is 18.2 Å². The standard InChI is InChI=1S/C15H24FNO/c1-10(2)17-9-11(3)12(4)13-7-6-8-14(18-5)15(13)16/h6-8,10-12,17H,9H2,1-5H3. The van der Waals surface area contributed by atoms with Crippen LogP contribution in [0.4, 0.5) is 4.39 Å². The Bertz CT molecular complexity index is 379. The Morgan fingerprint density at radius 3 is 2.44 bits per heavy atom. The van der Waals surface area contributed by atoms with Gasteiger partial charge in [-0.1, -0.05) is 39.8 Å². The summed E-state index contributed by atoms with van der Waals surface area (Å²) in [5.74, 6) is 0.618. The molecule has 0 saturated heterocycles. The quantitative estimate of drug-likeness (QED) is 0.836. The first-order valence-corrected chi connectivity index (χ1v) is 6.53. The molecular weight excluding hydrogens is 229 g/mol. The maximum absolute atomic E-state index is 14.1. The van der Waals surface area contributed by atoms with Crippen LogP contribution in [-0.4, -0.2) is 19.7 Å². The normalized spacial score (nSPS) is 14.6. The topological polar surface area (TPSA) is 21.3 Å². The van der Waals surface area contributed by atoms with Crippen LogP contribution in [0.2, 0.25) is 0 Å². The van der Waals surface area contributed by atoms with Crippen molar-refractivity contribution < 1.29 is 9.13 Å². The highest BCUT2D eigenvalue weighted by Crippen LogP contribution is 2.30. The number of halogens is 1. The van der Waals surface area contributed by atoms with Gasteiger partial charge in [0.15, 0.2) is 11.6 Å². The van der Waals surface area contributed by atoms with Crippen molar-refractivity contribution in [2.75, 3.05) is 13.7 Å². The summed E-state index contributed by atoms with van der Waals surface area (Å²) < 4.78 is 19.2. The molecule has 2 nitrogen and oxygen atoms in total. The van der Waals surface area contributed by atoms with Gasteiger partial charge in [0.2, 0.25) is 0 Å². The Morgan fingerprint density at radius 2 is 1.89 bits per heavy atom. The third-order valence-electron chi connectivity index (χ3n) is 3.41. The van der Waals surface area contributed by atoms with Crippen molar-refractivity contribution in [3.63, 3.8) is 0 Å². The summed E-state index contributed by atoms with van der Waals surface area (Å²) >= 11 is 0. The van der Waals surface area contributed by atoms with Gasteiger partial charge in [-0.05, 0) is 30.0 Å². The van der Waals surface area contributed by atoms with Crippen molar-refractivity contribution in [3.8, 4) is 5.75 Å². The van der Waals surface area contributed by atoms with E-state index in [1.165, 1.54) is 7.11 Å². The number of nitrogens with one attached hydrogen (secondary N) is 1. The first kappa shape index (κ1) is 15.0. The molecule has 0 saturated carbocycles. The second-order valence-electron chi connectivity index (χ2n) is 5.19. The summed E-state index contributed by atoms with van der Waals surface area (Å²) in [7, 11) is 1.50. The number of benzene rings is 1. The number of rotatable bonds is 6. The third kappa shape index (κ3) is 3.70. The van der Waals surface area contributed by atoms with Gasteiger partial charge >= 0.3 is 0 Å². The zero-order chi connectivity index (χ0) is 13.7. The average Bonchev–Trinajstić information content (AvgIpc) is 2.35. The molecule has 0 fully saturated rings. The summed E-state index contributed by atoms with van der Waals surface area (Å²) in [6.45, 7) is 9.31. The van der Waals surface area contributed by atoms with Crippen molar-refractivity contribution in [1.29, 1.82) is 0 Å². The van der Waals surface area contributed by atoms with E-state index < -0.39 is 0 Å². The number of ether oxygens (including phenoxy) is 1. The van der Waals surface area contributed by atoms with Crippen molar-refractivity contribution in [3.05, 3.63) is 29.6 Å². The average molecular weight is 253 g/mol. The molecule has 1 aromatic carbocycles. The Labute approximate surface area is 110 Å². The summed E-state index contributed by atoms with van der Waals surface area (Å²) in [5, 5.41) is 3.39. The maximum atomic E-state index is 14.1. The van der Waals surface area contributed by atoms with Gasteiger partial charge in [0.1, 0.15) is 0 Å². The maximum Gasteiger partial charge on any atom is 0.168 e. The fourth-order valence-electron chi connectivity index (χ4n) is 1.94. The van der Waals surface area contributed by atoms with Crippen LogP contribution in [0.1, 0.15) is 39.2 Å². The molecular formula is C15H24FNO. The van der Waals surface area contributed by atoms with Crippen LogP contribution in [-0.2, 0) is 0 Å². The van der Waals surface area contributed by atoms with Gasteiger partial charge in [0, 0.05) is 6.04 Å². The van der Waals surface area contributed by atoms with E-state index in [2.05, 4.69) is 33.0 Å². The van der Waals surface area contributed by atoms with Gasteiger partial charge in [-0.2, -0.15) is 0 Å². The predicted molar refractivity (Wildman–Crippen MR) is 73.7 cm³/mol. The van der Waals surface area contributed by atoms with E-state index in [1.54, 1.807) is 6.07 Å². The van der Waals surface area contributed by atoms with Crippen molar-refractivity contribution in [2.45, 2.75) is 39.7 Å². The van der Waals surface area contributed by atoms with E-state index in [-0.39, 0.29) is 11.7 Å². The smallest absolute Gasteiger partial charge is 0.168 e. The second-order valence-corrected chi connectivity index (χ2v) is 5.19. The molecule has 0 bridgehead atoms. The zero-order valence-electron chi connectivity index (χ0n) is 12.0. The fraction of sp³-hybridized carbons (Fsp3) is 0.600. The molecule has 3 heteroatoms. The van der Waals surface area contributed by atoms with E-state index in [9.17, 15) is 4.39 Å². The highest BCUT2D eigenvalue weighted by molar-refractivity contribution is 5.33. The van der Waals surface area contributed by atoms with Crippen LogP contribution in [0.25, 0.3) is 0 Å². The van der Waals surface area contributed by atoms with E-state index in [1.807, 2.05) is 12.1 Å². The number of methoxy groups -OCH3 is 1. The fourth-order valence-corrected chi connectivity index (χ4v) is 1.94. The van der Waals surface area contributed by atoms with Crippen LogP contribution < -0.4 is 10.1 Å². The zero-order valence-corrected chi connectivity index (χ0v) is 12.0. The summed E-state index contributed by atoms with van der Waals surface area (Å²) in [6.07, 6.45) is 0. The molecule has 0 amide bonds. The Kier molecular flexibility index (Phi) is 5.60. The van der Waals surface area contributed by atoms with E-state index >= 15 is 0 Å². The summed E-state index contributed by atoms with van der Waals surface area (Å²) in [5.41, 5.74) is 0.729. The molecule has 0 spiro atoms. The molecule has 0 aliphatic rings. The van der Waals surface area contributed by atoms with Gasteiger partial charge in [0.05, 0.1) is 7.11 Å². The molecule has 0 radical (unpaired) electrons. The molecule has 0 heterocycles. The number of hydrogen-bond acceptors (Lipinski definition) is 2. The lowest BCUT2D eigenvalue weighted by Gasteiger charge is -2.23. The SMILES string of the molecule is COc1cccc(C(C)C(C)CNC(C)C)c1F. The third-order valence-corrected chi connectivity index (χ3v) is 3.41. The van der Waals surface area contributed by atoms with Gasteiger partial charge < -0.3 is 10.1 Å². The highest BCUT2D eigenvalue weighted by Gasteiger charge is 2.19. The largest absolute Gasteiger partial charge is 0.494 e. The molecule has 0 aromatic heterocycles. The lowest BCUT2D eigenvalue weighted by Crippen LogP contribution is -2.30. The minimum atomic E-state index is -0.233. The monoisotopic (exact) mass is 253 g/mol. The molecule has 1 N–H and O–H groups in total. The molecule has 2 unspecified atom stereocenters. The van der Waals surface area contributed by atoms with Crippen LogP contribution in [0, 0.1) is 11.7 Å². The van der Waals surface area contributed by atoms with Gasteiger partial charge in [-0.15, -0.1) is 0 Å². The van der Waals surface area contributed by atoms with E-state index in [0.29, 0.717) is 17.7 Å². The van der Waals surface area contributed by atoms with Crippen molar-refractivity contribution in [1.82, 2.24) is 5.32 Å². The lowest BCUT2D eigenvalue weighted by molar-refractivity contribution is 0.373. The second kappa shape index (κ2) is 6.74. The first-order valence-electron chi connectivity index (χ1n) is 6.53. The molecule has 0 aliphatic carbocycles. The minimum Gasteiger partial charge on any atom is -0.494 e. The van der Waals surface area contributed by atoms with Crippen LogP contribution in [0.3, 0.4) is 0 Å². The highest BCUT2D eigenvalue weighted by atomic mass is 19.1. The summed E-state index contributed by atoms with van der Waals surface area (Å²) in [6, 6.07) is 5.79. The first-order chi connectivity index (χ1) is 8.47. The number of hydrogen-bond donors (Lipinski definition) is 1. The molecule has 18 heavy (non-hydrogen) atoms. The van der Waals surface area contributed by atoms with Crippen molar-refractivity contribution >= 4 is 0 Å². The van der Waals surface area contributed by atoms with Gasteiger partial charge in [-0.3, -0.25) is 0 Å². The molecule has 1 rings (SSSR count). The lowest BCUT2D eigenvalue weighted by atomic mass is 9.88. The van der Waals surface area contributed by atoms with E-state index in [4.69, 9.17) is 4.74 Å². The molecule has 1 aromatic rings. The van der Waals surface area contributed by atoms with Crippen molar-refractivity contribution in [2.24, 2.45) is 5.92 Å². The summed E-state index contributed by atoms with van der Waals surface area (Å²) in [4.78, 5) is 0. The van der Waals surface area contributed by atoms with Crippen LogP contribution in [0.5, 0.6) is 5.75 Å². The van der Waals surface area contributed by atoms with Crippen LogP contribution >= 0.6 is 0 Å². The minimum absolute atomic E-state index is 0.159. The predicted octanol–water partition coefficient (Wildman–Crippen LogP) is 3.57. The van der Waals surface area contributed by atoms with Gasteiger partial charge in [0.25, 0.3) is 0 Å². The molecule has 2 atom stereocenters.